The predicted molar refractivity (Wildman–Crippen MR) is 72.2 cm³/mol. The van der Waals surface area contributed by atoms with Crippen LogP contribution in [0.25, 0.3) is 0 Å². The van der Waals surface area contributed by atoms with Gasteiger partial charge in [-0.1, -0.05) is 11.6 Å². The topological polar surface area (TPSA) is 50.9 Å². The fraction of sp³-hybridized carbons (Fsp3) is 0.545. The molecule has 1 aromatic rings. The van der Waals surface area contributed by atoms with Crippen LogP contribution in [0, 0.1) is 5.92 Å². The normalized spacial score (nSPS) is 17.3. The molecular formula is C11H16ClN3S. The minimum atomic E-state index is 0.482. The van der Waals surface area contributed by atoms with Gasteiger partial charge in [-0.3, -0.25) is 0 Å². The van der Waals surface area contributed by atoms with E-state index in [-0.39, 0.29) is 0 Å². The molecule has 16 heavy (non-hydrogen) atoms. The highest BCUT2D eigenvalue weighted by molar-refractivity contribution is 7.99. The fourth-order valence-corrected chi connectivity index (χ4v) is 3.13. The zero-order chi connectivity index (χ0) is 11.4. The zero-order valence-electron chi connectivity index (χ0n) is 9.08. The molecule has 1 saturated heterocycles. The molecule has 1 aromatic heterocycles. The number of halogens is 1. The summed E-state index contributed by atoms with van der Waals surface area (Å²) >= 11 is 7.87. The first-order valence-corrected chi connectivity index (χ1v) is 7.02. The van der Waals surface area contributed by atoms with Crippen molar-refractivity contribution in [3.63, 3.8) is 0 Å². The summed E-state index contributed by atoms with van der Waals surface area (Å²) < 4.78 is 0. The Bertz CT molecular complexity index is 353. The molecule has 0 aliphatic carbocycles. The van der Waals surface area contributed by atoms with Crippen molar-refractivity contribution in [1.29, 1.82) is 0 Å². The van der Waals surface area contributed by atoms with Crippen molar-refractivity contribution in [3.8, 4) is 0 Å². The molecule has 0 spiro atoms. The van der Waals surface area contributed by atoms with E-state index in [0.717, 1.165) is 12.5 Å². The van der Waals surface area contributed by atoms with E-state index in [0.29, 0.717) is 16.7 Å². The standard InChI is InChI=1S/C11H16ClN3S/c12-10-2-1-9(13)11(15-10)14-7-8-3-5-16-6-4-8/h1-2,8H,3-7,13H2,(H,14,15). The molecule has 0 radical (unpaired) electrons. The Morgan fingerprint density at radius 3 is 2.94 bits per heavy atom. The summed E-state index contributed by atoms with van der Waals surface area (Å²) in [6.07, 6.45) is 2.55. The summed E-state index contributed by atoms with van der Waals surface area (Å²) in [6, 6.07) is 3.49. The second-order valence-electron chi connectivity index (χ2n) is 4.01. The number of hydrogen-bond acceptors (Lipinski definition) is 4. The molecule has 0 bridgehead atoms. The van der Waals surface area contributed by atoms with E-state index in [4.69, 9.17) is 17.3 Å². The van der Waals surface area contributed by atoms with Crippen LogP contribution in [0.4, 0.5) is 11.5 Å². The number of thioether (sulfide) groups is 1. The summed E-state index contributed by atoms with van der Waals surface area (Å²) in [5.74, 6) is 3.99. The molecule has 0 unspecified atom stereocenters. The highest BCUT2D eigenvalue weighted by Crippen LogP contribution is 2.24. The monoisotopic (exact) mass is 257 g/mol. The van der Waals surface area contributed by atoms with Gasteiger partial charge >= 0.3 is 0 Å². The highest BCUT2D eigenvalue weighted by atomic mass is 35.5. The van der Waals surface area contributed by atoms with Crippen LogP contribution in [0.3, 0.4) is 0 Å². The lowest BCUT2D eigenvalue weighted by molar-refractivity contribution is 0.515. The van der Waals surface area contributed by atoms with Gasteiger partial charge in [-0.15, -0.1) is 0 Å². The molecule has 0 atom stereocenters. The summed E-state index contributed by atoms with van der Waals surface area (Å²) in [6.45, 7) is 0.943. The number of nitrogens with zero attached hydrogens (tertiary/aromatic N) is 1. The Labute approximate surface area is 105 Å². The molecule has 5 heteroatoms. The third-order valence-electron chi connectivity index (χ3n) is 2.79. The van der Waals surface area contributed by atoms with Crippen LogP contribution in [0.1, 0.15) is 12.8 Å². The number of nitrogen functional groups attached to an aromatic ring is 1. The van der Waals surface area contributed by atoms with Crippen LogP contribution in [-0.4, -0.2) is 23.0 Å². The third kappa shape index (κ3) is 3.19. The van der Waals surface area contributed by atoms with Gasteiger partial charge in [0, 0.05) is 6.54 Å². The van der Waals surface area contributed by atoms with Crippen molar-refractivity contribution in [3.05, 3.63) is 17.3 Å². The maximum absolute atomic E-state index is 5.83. The lowest BCUT2D eigenvalue weighted by Crippen LogP contribution is -2.20. The quantitative estimate of drug-likeness (QED) is 0.818. The maximum atomic E-state index is 5.83. The number of hydrogen-bond donors (Lipinski definition) is 2. The molecule has 2 heterocycles. The van der Waals surface area contributed by atoms with E-state index < -0.39 is 0 Å². The predicted octanol–water partition coefficient (Wildman–Crippen LogP) is 2.87. The highest BCUT2D eigenvalue weighted by Gasteiger charge is 2.14. The van der Waals surface area contributed by atoms with Crippen molar-refractivity contribution in [1.82, 2.24) is 4.98 Å². The smallest absolute Gasteiger partial charge is 0.150 e. The molecular weight excluding hydrogens is 242 g/mol. The first kappa shape index (κ1) is 11.9. The molecule has 1 fully saturated rings. The van der Waals surface area contributed by atoms with E-state index in [2.05, 4.69) is 10.3 Å². The largest absolute Gasteiger partial charge is 0.396 e. The average molecular weight is 258 g/mol. The molecule has 3 nitrogen and oxygen atoms in total. The minimum absolute atomic E-state index is 0.482. The van der Waals surface area contributed by atoms with E-state index in [1.807, 2.05) is 11.8 Å². The molecule has 0 saturated carbocycles. The third-order valence-corrected chi connectivity index (χ3v) is 4.05. The van der Waals surface area contributed by atoms with Gasteiger partial charge in [0.1, 0.15) is 5.15 Å². The van der Waals surface area contributed by atoms with Gasteiger partial charge in [-0.25, -0.2) is 4.98 Å². The van der Waals surface area contributed by atoms with Gasteiger partial charge < -0.3 is 11.1 Å². The van der Waals surface area contributed by atoms with Crippen LogP contribution in [0.15, 0.2) is 12.1 Å². The molecule has 88 valence electrons. The van der Waals surface area contributed by atoms with Crippen molar-refractivity contribution in [2.45, 2.75) is 12.8 Å². The number of aromatic nitrogens is 1. The van der Waals surface area contributed by atoms with Crippen molar-refractivity contribution in [2.24, 2.45) is 5.92 Å². The second-order valence-corrected chi connectivity index (χ2v) is 5.62. The number of pyridine rings is 1. The number of nitrogens with two attached hydrogens (primary N) is 1. The summed E-state index contributed by atoms with van der Waals surface area (Å²) in [7, 11) is 0. The molecule has 1 aliphatic rings. The summed E-state index contributed by atoms with van der Waals surface area (Å²) in [4.78, 5) is 4.18. The van der Waals surface area contributed by atoms with Crippen LogP contribution in [0.5, 0.6) is 0 Å². The Morgan fingerprint density at radius 1 is 1.44 bits per heavy atom. The Hall–Kier alpha value is -0.610. The van der Waals surface area contributed by atoms with Gasteiger partial charge in [0.05, 0.1) is 5.69 Å². The van der Waals surface area contributed by atoms with Gasteiger partial charge in [0.15, 0.2) is 5.82 Å². The average Bonchev–Trinajstić information content (AvgIpc) is 2.32. The van der Waals surface area contributed by atoms with Crippen LogP contribution in [-0.2, 0) is 0 Å². The van der Waals surface area contributed by atoms with Crippen molar-refractivity contribution in [2.75, 3.05) is 29.1 Å². The van der Waals surface area contributed by atoms with Gasteiger partial charge in [0.25, 0.3) is 0 Å². The maximum Gasteiger partial charge on any atom is 0.150 e. The van der Waals surface area contributed by atoms with Gasteiger partial charge in [-0.05, 0) is 42.4 Å². The molecule has 3 N–H and O–H groups in total. The van der Waals surface area contributed by atoms with Crippen molar-refractivity contribution >= 4 is 34.9 Å². The van der Waals surface area contributed by atoms with Crippen LogP contribution < -0.4 is 11.1 Å². The van der Waals surface area contributed by atoms with E-state index >= 15 is 0 Å². The Balaban J connectivity index is 1.90. The lowest BCUT2D eigenvalue weighted by atomic mass is 10.0. The van der Waals surface area contributed by atoms with Crippen molar-refractivity contribution < 1.29 is 0 Å². The lowest BCUT2D eigenvalue weighted by Gasteiger charge is -2.22. The van der Waals surface area contributed by atoms with Gasteiger partial charge in [-0.2, -0.15) is 11.8 Å². The number of anilines is 2. The van der Waals surface area contributed by atoms with E-state index in [1.165, 1.54) is 24.3 Å². The first-order chi connectivity index (χ1) is 7.75. The Kier molecular flexibility index (Phi) is 4.18. The molecule has 1 aliphatic heterocycles. The van der Waals surface area contributed by atoms with E-state index in [1.54, 1.807) is 12.1 Å². The second kappa shape index (κ2) is 5.64. The summed E-state index contributed by atoms with van der Waals surface area (Å²) in [5.41, 5.74) is 6.48. The molecule has 2 rings (SSSR count). The Morgan fingerprint density at radius 2 is 2.19 bits per heavy atom. The van der Waals surface area contributed by atoms with Crippen LogP contribution in [0.2, 0.25) is 5.15 Å². The number of rotatable bonds is 3. The van der Waals surface area contributed by atoms with E-state index in [9.17, 15) is 0 Å². The van der Waals surface area contributed by atoms with Gasteiger partial charge in [0.2, 0.25) is 0 Å². The SMILES string of the molecule is Nc1ccc(Cl)nc1NCC1CCSCC1. The minimum Gasteiger partial charge on any atom is -0.396 e. The van der Waals surface area contributed by atoms with Crippen LogP contribution >= 0.6 is 23.4 Å². The zero-order valence-corrected chi connectivity index (χ0v) is 10.7. The fourth-order valence-electron chi connectivity index (χ4n) is 1.78. The number of nitrogens with one attached hydrogen (secondary N) is 1. The molecule has 0 aromatic carbocycles. The first-order valence-electron chi connectivity index (χ1n) is 5.49. The summed E-state index contributed by atoms with van der Waals surface area (Å²) in [5, 5.41) is 3.78. The molecule has 0 amide bonds.